The van der Waals surface area contributed by atoms with Crippen LogP contribution in [0.4, 0.5) is 5.95 Å². The minimum Gasteiger partial charge on any atom is -0.341 e. The summed E-state index contributed by atoms with van der Waals surface area (Å²) in [6, 6.07) is 9.70. The predicted molar refractivity (Wildman–Crippen MR) is 139 cm³/mol. The normalized spacial score (nSPS) is 16.2. The first-order chi connectivity index (χ1) is 16.8. The number of rotatable bonds is 5. The van der Waals surface area contributed by atoms with E-state index in [0.717, 1.165) is 41.4 Å². The minimum atomic E-state index is -0.387. The van der Waals surface area contributed by atoms with Gasteiger partial charge in [-0.3, -0.25) is 18.9 Å². The third-order valence-electron chi connectivity index (χ3n) is 6.64. The molecule has 35 heavy (non-hydrogen) atoms. The van der Waals surface area contributed by atoms with Gasteiger partial charge in [-0.25, -0.2) is 4.79 Å². The maximum atomic E-state index is 13.8. The van der Waals surface area contributed by atoms with Crippen LogP contribution in [0.3, 0.4) is 0 Å². The van der Waals surface area contributed by atoms with Crippen molar-refractivity contribution in [1.82, 2.24) is 23.7 Å². The summed E-state index contributed by atoms with van der Waals surface area (Å²) in [6.07, 6.45) is 5.75. The van der Waals surface area contributed by atoms with Crippen molar-refractivity contribution in [2.24, 2.45) is 12.8 Å². The standard InChI is InChI=1S/C26H31N7O2/c1-17(2)10-13-32-22-23(29-25(32)31-12-5-7-20(27)16-31)30(3)26(35)33(24(22)34)15-18-8-9-21-19(14-18)6-4-11-28-21/h4,6,8-11,14,20H,5,7,12-13,15-16,27H2,1-3H3. The van der Waals surface area contributed by atoms with E-state index in [9.17, 15) is 9.59 Å². The fourth-order valence-electron chi connectivity index (χ4n) is 4.79. The Morgan fingerprint density at radius 3 is 2.80 bits per heavy atom. The lowest BCUT2D eigenvalue weighted by atomic mass is 10.1. The van der Waals surface area contributed by atoms with Crippen LogP contribution >= 0.6 is 0 Å². The van der Waals surface area contributed by atoms with E-state index in [-0.39, 0.29) is 23.8 Å². The molecular formula is C26H31N7O2. The molecule has 1 unspecified atom stereocenters. The van der Waals surface area contributed by atoms with Crippen molar-refractivity contribution in [2.45, 2.75) is 45.8 Å². The third kappa shape index (κ3) is 4.27. The van der Waals surface area contributed by atoms with Crippen LogP contribution in [0.5, 0.6) is 0 Å². The Bertz CT molecular complexity index is 1560. The van der Waals surface area contributed by atoms with E-state index in [1.165, 1.54) is 9.13 Å². The SMILES string of the molecule is CC(C)=CCn1c(N2CCCC(N)C2)nc2c1c(=O)n(Cc1ccc3ncccc3c1)c(=O)n2C. The molecule has 1 fully saturated rings. The molecule has 4 aromatic rings. The van der Waals surface area contributed by atoms with Crippen molar-refractivity contribution in [3.63, 3.8) is 0 Å². The Kier molecular flexibility index (Phi) is 6.02. The summed E-state index contributed by atoms with van der Waals surface area (Å²) < 4.78 is 4.71. The molecule has 182 valence electrons. The summed E-state index contributed by atoms with van der Waals surface area (Å²) >= 11 is 0. The number of nitrogens with two attached hydrogens (primary N) is 1. The van der Waals surface area contributed by atoms with Gasteiger partial charge in [0.25, 0.3) is 5.56 Å². The van der Waals surface area contributed by atoms with Crippen LogP contribution < -0.4 is 21.9 Å². The molecule has 0 aliphatic carbocycles. The highest BCUT2D eigenvalue weighted by Gasteiger charge is 2.26. The highest BCUT2D eigenvalue weighted by Crippen LogP contribution is 2.23. The highest BCUT2D eigenvalue weighted by atomic mass is 16.2. The number of nitrogens with zero attached hydrogens (tertiary/aromatic N) is 6. The molecular weight excluding hydrogens is 442 g/mol. The molecule has 2 N–H and O–H groups in total. The number of hydrogen-bond donors (Lipinski definition) is 1. The lowest BCUT2D eigenvalue weighted by Gasteiger charge is -2.31. The van der Waals surface area contributed by atoms with Crippen LogP contribution in [0.15, 0.2) is 57.8 Å². The maximum Gasteiger partial charge on any atom is 0.332 e. The molecule has 0 radical (unpaired) electrons. The molecule has 3 aromatic heterocycles. The predicted octanol–water partition coefficient (Wildman–Crippen LogP) is 2.39. The smallest absolute Gasteiger partial charge is 0.332 e. The summed E-state index contributed by atoms with van der Waals surface area (Å²) in [5.41, 5.74) is 9.23. The van der Waals surface area contributed by atoms with Gasteiger partial charge in [-0.15, -0.1) is 0 Å². The molecule has 1 aliphatic rings. The lowest BCUT2D eigenvalue weighted by Crippen LogP contribution is -2.44. The van der Waals surface area contributed by atoms with E-state index in [1.807, 2.05) is 48.7 Å². The first kappa shape index (κ1) is 23.0. The van der Waals surface area contributed by atoms with Gasteiger partial charge < -0.3 is 15.2 Å². The number of allylic oxidation sites excluding steroid dienone is 2. The first-order valence-electron chi connectivity index (χ1n) is 12.0. The average molecular weight is 474 g/mol. The average Bonchev–Trinajstić information content (AvgIpc) is 3.24. The van der Waals surface area contributed by atoms with E-state index < -0.39 is 0 Å². The molecule has 0 amide bonds. The van der Waals surface area contributed by atoms with Crippen molar-refractivity contribution < 1.29 is 0 Å². The van der Waals surface area contributed by atoms with Gasteiger partial charge in [0.15, 0.2) is 11.2 Å². The largest absolute Gasteiger partial charge is 0.341 e. The second-order valence-corrected chi connectivity index (χ2v) is 9.59. The van der Waals surface area contributed by atoms with Crippen LogP contribution in [0.25, 0.3) is 22.1 Å². The van der Waals surface area contributed by atoms with Crippen molar-refractivity contribution in [3.8, 4) is 0 Å². The number of pyridine rings is 1. The lowest BCUT2D eigenvalue weighted by molar-refractivity contribution is 0.495. The molecule has 1 aromatic carbocycles. The van der Waals surface area contributed by atoms with Crippen LogP contribution in [-0.4, -0.2) is 42.8 Å². The van der Waals surface area contributed by atoms with Crippen LogP contribution in [0.2, 0.25) is 0 Å². The van der Waals surface area contributed by atoms with Crippen molar-refractivity contribution >= 4 is 28.0 Å². The van der Waals surface area contributed by atoms with Gasteiger partial charge in [-0.2, -0.15) is 4.98 Å². The Balaban J connectivity index is 1.68. The minimum absolute atomic E-state index is 0.0586. The zero-order valence-electron chi connectivity index (χ0n) is 20.4. The Hall–Kier alpha value is -3.72. The highest BCUT2D eigenvalue weighted by molar-refractivity contribution is 5.79. The fraction of sp³-hybridized carbons (Fsp3) is 0.385. The van der Waals surface area contributed by atoms with E-state index in [1.54, 1.807) is 13.2 Å². The fourth-order valence-corrected chi connectivity index (χ4v) is 4.79. The Morgan fingerprint density at radius 1 is 1.20 bits per heavy atom. The van der Waals surface area contributed by atoms with Crippen molar-refractivity contribution in [3.05, 3.63) is 74.6 Å². The Morgan fingerprint density at radius 2 is 2.03 bits per heavy atom. The molecule has 5 rings (SSSR count). The third-order valence-corrected chi connectivity index (χ3v) is 6.64. The first-order valence-corrected chi connectivity index (χ1v) is 12.0. The maximum absolute atomic E-state index is 13.8. The second-order valence-electron chi connectivity index (χ2n) is 9.59. The van der Waals surface area contributed by atoms with E-state index >= 15 is 0 Å². The van der Waals surface area contributed by atoms with Gasteiger partial charge in [0.05, 0.1) is 12.1 Å². The summed E-state index contributed by atoms with van der Waals surface area (Å²) in [5.74, 6) is 0.689. The molecule has 1 atom stereocenters. The zero-order valence-corrected chi connectivity index (χ0v) is 20.4. The second kappa shape index (κ2) is 9.14. The monoisotopic (exact) mass is 473 g/mol. The summed E-state index contributed by atoms with van der Waals surface area (Å²) in [6.45, 7) is 6.21. The van der Waals surface area contributed by atoms with Crippen LogP contribution in [0, 0.1) is 0 Å². The number of benzene rings is 1. The van der Waals surface area contributed by atoms with Crippen molar-refractivity contribution in [1.29, 1.82) is 0 Å². The number of imidazole rings is 1. The number of fused-ring (bicyclic) bond motifs is 2. The number of aryl methyl sites for hydroxylation is 1. The number of hydrogen-bond acceptors (Lipinski definition) is 6. The molecule has 9 nitrogen and oxygen atoms in total. The molecule has 0 saturated carbocycles. The van der Waals surface area contributed by atoms with Crippen LogP contribution in [0.1, 0.15) is 32.3 Å². The number of aromatic nitrogens is 5. The Labute approximate surface area is 203 Å². The van der Waals surface area contributed by atoms with Gasteiger partial charge in [0, 0.05) is 44.3 Å². The molecule has 9 heteroatoms. The molecule has 1 saturated heterocycles. The topological polar surface area (TPSA) is 104 Å². The van der Waals surface area contributed by atoms with Gasteiger partial charge >= 0.3 is 5.69 Å². The number of anilines is 1. The zero-order chi connectivity index (χ0) is 24.7. The quantitative estimate of drug-likeness (QED) is 0.447. The van der Waals surface area contributed by atoms with E-state index in [0.29, 0.717) is 30.2 Å². The van der Waals surface area contributed by atoms with Crippen LogP contribution in [-0.2, 0) is 20.1 Å². The van der Waals surface area contributed by atoms with Gasteiger partial charge in [0.2, 0.25) is 5.95 Å². The molecule has 0 bridgehead atoms. The summed E-state index contributed by atoms with van der Waals surface area (Å²) in [5, 5.41) is 0.966. The summed E-state index contributed by atoms with van der Waals surface area (Å²) in [4.78, 5) is 38.4. The van der Waals surface area contributed by atoms with Gasteiger partial charge in [0.1, 0.15) is 0 Å². The number of piperidine rings is 1. The van der Waals surface area contributed by atoms with E-state index in [4.69, 9.17) is 10.7 Å². The van der Waals surface area contributed by atoms with Crippen molar-refractivity contribution in [2.75, 3.05) is 18.0 Å². The summed E-state index contributed by atoms with van der Waals surface area (Å²) in [7, 11) is 1.68. The van der Waals surface area contributed by atoms with E-state index in [2.05, 4.69) is 16.0 Å². The molecule has 1 aliphatic heterocycles. The van der Waals surface area contributed by atoms with Gasteiger partial charge in [-0.05, 0) is 50.5 Å². The van der Waals surface area contributed by atoms with Gasteiger partial charge in [-0.1, -0.05) is 23.8 Å². The molecule has 4 heterocycles. The molecule has 0 spiro atoms.